The second kappa shape index (κ2) is 7.67. The summed E-state index contributed by atoms with van der Waals surface area (Å²) in [5, 5.41) is 3.33. The van der Waals surface area contributed by atoms with E-state index in [-0.39, 0.29) is 11.8 Å². The van der Waals surface area contributed by atoms with Crippen molar-refractivity contribution in [2.24, 2.45) is 11.8 Å². The van der Waals surface area contributed by atoms with Crippen LogP contribution in [-0.2, 0) is 9.53 Å². The Balaban J connectivity index is 2.41. The predicted molar refractivity (Wildman–Crippen MR) is 68.9 cm³/mol. The molecule has 1 fully saturated rings. The third kappa shape index (κ3) is 4.64. The number of hydrogen-bond acceptors (Lipinski definition) is 3. The van der Waals surface area contributed by atoms with Gasteiger partial charge in [0.05, 0.1) is 12.5 Å². The number of piperidine rings is 1. The summed E-state index contributed by atoms with van der Waals surface area (Å²) < 4.78 is 5.31. The van der Waals surface area contributed by atoms with Gasteiger partial charge in [-0.25, -0.2) is 0 Å². The van der Waals surface area contributed by atoms with Crippen LogP contribution >= 0.6 is 0 Å². The van der Waals surface area contributed by atoms with Gasteiger partial charge in [-0.2, -0.15) is 0 Å². The lowest BCUT2D eigenvalue weighted by atomic mass is 9.91. The third-order valence-electron chi connectivity index (χ3n) is 3.32. The average Bonchev–Trinajstić information content (AvgIpc) is 2.34. The van der Waals surface area contributed by atoms with Gasteiger partial charge in [0.25, 0.3) is 0 Å². The Morgan fingerprint density at radius 3 is 2.76 bits per heavy atom. The maximum absolute atomic E-state index is 12.3. The zero-order valence-corrected chi connectivity index (χ0v) is 11.4. The monoisotopic (exact) mass is 242 g/mol. The molecule has 1 N–H and O–H groups in total. The lowest BCUT2D eigenvalue weighted by Crippen LogP contribution is -2.46. The fourth-order valence-corrected chi connectivity index (χ4v) is 2.35. The molecule has 0 radical (unpaired) electrons. The van der Waals surface area contributed by atoms with E-state index in [9.17, 15) is 4.79 Å². The zero-order valence-electron chi connectivity index (χ0n) is 11.4. The van der Waals surface area contributed by atoms with Crippen molar-refractivity contribution in [1.29, 1.82) is 0 Å². The van der Waals surface area contributed by atoms with Crippen LogP contribution in [0.3, 0.4) is 0 Å². The minimum Gasteiger partial charge on any atom is -0.380 e. The SMILES string of the molecule is CCOCCN(CC)C(=O)C1CNCC(C)C1. The summed E-state index contributed by atoms with van der Waals surface area (Å²) in [5.74, 6) is 1.04. The standard InChI is InChI=1S/C13H26N2O2/c1-4-15(6-7-17-5-2)13(16)12-8-11(3)9-14-10-12/h11-12,14H,4-10H2,1-3H3. The number of likely N-dealkylation sites (N-methyl/N-ethyl adjacent to an activating group) is 1. The van der Waals surface area contributed by atoms with E-state index in [4.69, 9.17) is 4.74 Å². The highest BCUT2D eigenvalue weighted by Gasteiger charge is 2.27. The molecule has 1 rings (SSSR count). The maximum Gasteiger partial charge on any atom is 0.227 e. The molecule has 0 spiro atoms. The highest BCUT2D eigenvalue weighted by molar-refractivity contribution is 5.79. The largest absolute Gasteiger partial charge is 0.380 e. The quantitative estimate of drug-likeness (QED) is 0.710. The smallest absolute Gasteiger partial charge is 0.227 e. The summed E-state index contributed by atoms with van der Waals surface area (Å²) in [6, 6.07) is 0. The minimum atomic E-state index is 0.153. The van der Waals surface area contributed by atoms with Crippen LogP contribution in [0, 0.1) is 11.8 Å². The molecule has 0 bridgehead atoms. The van der Waals surface area contributed by atoms with Crippen LogP contribution in [0.15, 0.2) is 0 Å². The Labute approximate surface area is 105 Å². The maximum atomic E-state index is 12.3. The van der Waals surface area contributed by atoms with Gasteiger partial charge in [-0.3, -0.25) is 4.79 Å². The normalized spacial score (nSPS) is 24.6. The van der Waals surface area contributed by atoms with Gasteiger partial charge in [-0.05, 0) is 32.7 Å². The highest BCUT2D eigenvalue weighted by atomic mass is 16.5. The average molecular weight is 242 g/mol. The van der Waals surface area contributed by atoms with E-state index in [0.29, 0.717) is 25.7 Å². The summed E-state index contributed by atoms with van der Waals surface area (Å²) >= 11 is 0. The van der Waals surface area contributed by atoms with Gasteiger partial charge < -0.3 is 15.0 Å². The van der Waals surface area contributed by atoms with Crippen LogP contribution in [0.25, 0.3) is 0 Å². The van der Waals surface area contributed by atoms with Crippen LogP contribution in [-0.4, -0.2) is 50.2 Å². The molecule has 0 saturated carbocycles. The first-order valence-electron chi connectivity index (χ1n) is 6.76. The molecule has 2 atom stereocenters. The molecule has 2 unspecified atom stereocenters. The van der Waals surface area contributed by atoms with Gasteiger partial charge in [0.1, 0.15) is 0 Å². The number of nitrogens with zero attached hydrogens (tertiary/aromatic N) is 1. The van der Waals surface area contributed by atoms with Crippen molar-refractivity contribution in [3.05, 3.63) is 0 Å². The van der Waals surface area contributed by atoms with Gasteiger partial charge in [0, 0.05) is 26.2 Å². The first kappa shape index (κ1) is 14.5. The first-order chi connectivity index (χ1) is 8.19. The lowest BCUT2D eigenvalue weighted by Gasteiger charge is -2.31. The second-order valence-electron chi connectivity index (χ2n) is 4.81. The molecule has 4 nitrogen and oxygen atoms in total. The third-order valence-corrected chi connectivity index (χ3v) is 3.32. The van der Waals surface area contributed by atoms with Gasteiger partial charge in [0.2, 0.25) is 5.91 Å². The van der Waals surface area contributed by atoms with Gasteiger partial charge in [-0.15, -0.1) is 0 Å². The van der Waals surface area contributed by atoms with Crippen molar-refractivity contribution in [2.45, 2.75) is 27.2 Å². The van der Waals surface area contributed by atoms with Crippen molar-refractivity contribution >= 4 is 5.91 Å². The van der Waals surface area contributed by atoms with Crippen LogP contribution in [0.1, 0.15) is 27.2 Å². The Bertz CT molecular complexity index is 233. The van der Waals surface area contributed by atoms with Crippen LogP contribution < -0.4 is 5.32 Å². The molecule has 1 amide bonds. The van der Waals surface area contributed by atoms with E-state index in [1.807, 2.05) is 18.7 Å². The molecule has 4 heteroatoms. The molecule has 100 valence electrons. The summed E-state index contributed by atoms with van der Waals surface area (Å²) in [5.41, 5.74) is 0. The number of nitrogens with one attached hydrogen (secondary N) is 1. The summed E-state index contributed by atoms with van der Waals surface area (Å²) in [6.45, 7) is 10.9. The van der Waals surface area contributed by atoms with E-state index >= 15 is 0 Å². The van der Waals surface area contributed by atoms with Crippen molar-refractivity contribution in [2.75, 3.05) is 39.4 Å². The first-order valence-corrected chi connectivity index (χ1v) is 6.76. The van der Waals surface area contributed by atoms with E-state index in [2.05, 4.69) is 12.2 Å². The Morgan fingerprint density at radius 1 is 1.41 bits per heavy atom. The molecule has 1 aliphatic heterocycles. The summed E-state index contributed by atoms with van der Waals surface area (Å²) in [4.78, 5) is 14.2. The molecule has 0 aromatic rings. The molecule has 17 heavy (non-hydrogen) atoms. The number of rotatable bonds is 6. The van der Waals surface area contributed by atoms with Crippen molar-refractivity contribution in [3.8, 4) is 0 Å². The second-order valence-corrected chi connectivity index (χ2v) is 4.81. The Morgan fingerprint density at radius 2 is 2.18 bits per heavy atom. The minimum absolute atomic E-state index is 0.153. The molecule has 1 saturated heterocycles. The van der Waals surface area contributed by atoms with Crippen molar-refractivity contribution < 1.29 is 9.53 Å². The number of ether oxygens (including phenoxy) is 1. The molecule has 1 heterocycles. The number of carbonyl (C=O) groups is 1. The van der Waals surface area contributed by atoms with Crippen LogP contribution in [0.4, 0.5) is 0 Å². The summed E-state index contributed by atoms with van der Waals surface area (Å²) in [6.07, 6.45) is 1.01. The fraction of sp³-hybridized carbons (Fsp3) is 0.923. The Hall–Kier alpha value is -0.610. The van der Waals surface area contributed by atoms with Crippen LogP contribution in [0.2, 0.25) is 0 Å². The predicted octanol–water partition coefficient (Wildman–Crippen LogP) is 1.12. The highest BCUT2D eigenvalue weighted by Crippen LogP contribution is 2.18. The molecule has 0 aromatic heterocycles. The van der Waals surface area contributed by atoms with Gasteiger partial charge in [0.15, 0.2) is 0 Å². The van der Waals surface area contributed by atoms with Gasteiger partial charge in [-0.1, -0.05) is 6.92 Å². The molecule has 0 aliphatic carbocycles. The topological polar surface area (TPSA) is 41.6 Å². The van der Waals surface area contributed by atoms with E-state index in [1.165, 1.54) is 0 Å². The van der Waals surface area contributed by atoms with E-state index in [0.717, 1.165) is 26.1 Å². The molecular weight excluding hydrogens is 216 g/mol. The number of hydrogen-bond donors (Lipinski definition) is 1. The molecular formula is C13H26N2O2. The van der Waals surface area contributed by atoms with Crippen molar-refractivity contribution in [1.82, 2.24) is 10.2 Å². The van der Waals surface area contributed by atoms with Gasteiger partial charge >= 0.3 is 0 Å². The zero-order chi connectivity index (χ0) is 12.7. The molecule has 1 aliphatic rings. The Kier molecular flexibility index (Phi) is 6.52. The van der Waals surface area contributed by atoms with Crippen molar-refractivity contribution in [3.63, 3.8) is 0 Å². The number of amides is 1. The van der Waals surface area contributed by atoms with E-state index < -0.39 is 0 Å². The van der Waals surface area contributed by atoms with Crippen LogP contribution in [0.5, 0.6) is 0 Å². The lowest BCUT2D eigenvalue weighted by molar-refractivity contribution is -0.137. The molecule has 0 aromatic carbocycles. The number of carbonyl (C=O) groups excluding carboxylic acids is 1. The summed E-state index contributed by atoms with van der Waals surface area (Å²) in [7, 11) is 0. The fourth-order valence-electron chi connectivity index (χ4n) is 2.35. The van der Waals surface area contributed by atoms with E-state index in [1.54, 1.807) is 0 Å².